The van der Waals surface area contributed by atoms with E-state index < -0.39 is 5.41 Å². The molecular weight excluding hydrogens is 368 g/mol. The van der Waals surface area contributed by atoms with E-state index in [1.165, 1.54) is 5.56 Å². The summed E-state index contributed by atoms with van der Waals surface area (Å²) in [5, 5.41) is 5.72. The number of benzene rings is 2. The van der Waals surface area contributed by atoms with E-state index in [-0.39, 0.29) is 11.8 Å². The molecule has 0 saturated heterocycles. The quantitative estimate of drug-likeness (QED) is 0.763. The van der Waals surface area contributed by atoms with Crippen LogP contribution in [0.1, 0.15) is 24.0 Å². The number of halogens is 1. The maximum absolute atomic E-state index is 12.6. The minimum atomic E-state index is -0.953. The highest BCUT2D eigenvalue weighted by molar-refractivity contribution is 9.10. The Kier molecular flexibility index (Phi) is 4.45. The van der Waals surface area contributed by atoms with Gasteiger partial charge >= 0.3 is 0 Å². The fourth-order valence-electron chi connectivity index (χ4n) is 2.54. The largest absolute Gasteiger partial charge is 0.325 e. The van der Waals surface area contributed by atoms with Gasteiger partial charge in [-0.25, -0.2) is 0 Å². The zero-order valence-corrected chi connectivity index (χ0v) is 15.2. The van der Waals surface area contributed by atoms with Gasteiger partial charge in [-0.3, -0.25) is 9.59 Å². The van der Waals surface area contributed by atoms with E-state index in [0.717, 1.165) is 15.7 Å². The van der Waals surface area contributed by atoms with E-state index in [0.29, 0.717) is 18.5 Å². The topological polar surface area (TPSA) is 58.2 Å². The number of aryl methyl sites for hydroxylation is 2. The zero-order valence-electron chi connectivity index (χ0n) is 13.7. The van der Waals surface area contributed by atoms with Gasteiger partial charge in [-0.15, -0.1) is 0 Å². The summed E-state index contributed by atoms with van der Waals surface area (Å²) in [6, 6.07) is 13.1. The number of anilines is 2. The molecule has 2 aromatic rings. The zero-order chi connectivity index (χ0) is 17.3. The molecule has 4 nitrogen and oxygen atoms in total. The van der Waals surface area contributed by atoms with Crippen LogP contribution in [0.5, 0.6) is 0 Å². The summed E-state index contributed by atoms with van der Waals surface area (Å²) in [4.78, 5) is 25.1. The first kappa shape index (κ1) is 16.7. The molecule has 0 unspecified atom stereocenters. The van der Waals surface area contributed by atoms with Crippen molar-refractivity contribution in [2.75, 3.05) is 10.6 Å². The third-order valence-corrected chi connectivity index (χ3v) is 5.01. The molecule has 1 aliphatic carbocycles. The van der Waals surface area contributed by atoms with Crippen LogP contribution >= 0.6 is 15.9 Å². The van der Waals surface area contributed by atoms with Crippen molar-refractivity contribution in [2.24, 2.45) is 5.41 Å². The molecule has 1 saturated carbocycles. The van der Waals surface area contributed by atoms with Gasteiger partial charge < -0.3 is 10.6 Å². The molecule has 2 aromatic carbocycles. The maximum Gasteiger partial charge on any atom is 0.240 e. The van der Waals surface area contributed by atoms with Gasteiger partial charge in [0.25, 0.3) is 0 Å². The molecular formula is C19H19BrN2O2. The molecule has 1 aliphatic rings. The number of carbonyl (C=O) groups excluding carboxylic acids is 2. The molecule has 0 aromatic heterocycles. The molecule has 0 bridgehead atoms. The van der Waals surface area contributed by atoms with Crippen molar-refractivity contribution in [1.29, 1.82) is 0 Å². The van der Waals surface area contributed by atoms with Crippen molar-refractivity contribution in [3.8, 4) is 0 Å². The van der Waals surface area contributed by atoms with Gasteiger partial charge in [0.2, 0.25) is 11.8 Å². The van der Waals surface area contributed by atoms with Crippen LogP contribution in [0.4, 0.5) is 11.4 Å². The van der Waals surface area contributed by atoms with Crippen LogP contribution in [0.25, 0.3) is 0 Å². The second kappa shape index (κ2) is 6.40. The molecule has 2 amide bonds. The Labute approximate surface area is 149 Å². The smallest absolute Gasteiger partial charge is 0.240 e. The van der Waals surface area contributed by atoms with E-state index >= 15 is 0 Å². The van der Waals surface area contributed by atoms with E-state index in [4.69, 9.17) is 0 Å². The summed E-state index contributed by atoms with van der Waals surface area (Å²) < 4.78 is 0.939. The summed E-state index contributed by atoms with van der Waals surface area (Å²) in [6.07, 6.45) is 1.15. The molecule has 3 rings (SSSR count). The standard InChI is InChI=1S/C19H19BrN2O2/c1-12-3-6-16(11-13(12)2)22-18(24)19(9-10-19)17(23)21-15-7-4-14(20)5-8-15/h3-8,11H,9-10H2,1-2H3,(H,21,23)(H,22,24). The number of hydrogen-bond donors (Lipinski definition) is 2. The lowest BCUT2D eigenvalue weighted by atomic mass is 10.0. The summed E-state index contributed by atoms with van der Waals surface area (Å²) in [5.74, 6) is -0.480. The first-order valence-corrected chi connectivity index (χ1v) is 8.66. The lowest BCUT2D eigenvalue weighted by molar-refractivity contribution is -0.131. The third kappa shape index (κ3) is 3.36. The van der Waals surface area contributed by atoms with Crippen LogP contribution in [0.15, 0.2) is 46.9 Å². The number of hydrogen-bond acceptors (Lipinski definition) is 2. The van der Waals surface area contributed by atoms with Crippen molar-refractivity contribution < 1.29 is 9.59 Å². The van der Waals surface area contributed by atoms with Gasteiger partial charge in [-0.1, -0.05) is 22.0 Å². The number of rotatable bonds is 4. The minimum Gasteiger partial charge on any atom is -0.325 e. The van der Waals surface area contributed by atoms with Crippen molar-refractivity contribution in [2.45, 2.75) is 26.7 Å². The number of carbonyl (C=O) groups is 2. The highest BCUT2D eigenvalue weighted by Crippen LogP contribution is 2.47. The molecule has 0 spiro atoms. The lowest BCUT2D eigenvalue weighted by Gasteiger charge is -2.16. The Morgan fingerprint density at radius 1 is 0.875 bits per heavy atom. The average molecular weight is 387 g/mol. The highest BCUT2D eigenvalue weighted by Gasteiger charge is 2.56. The van der Waals surface area contributed by atoms with Crippen molar-refractivity contribution in [3.05, 3.63) is 58.1 Å². The summed E-state index contributed by atoms with van der Waals surface area (Å²) in [7, 11) is 0. The highest BCUT2D eigenvalue weighted by atomic mass is 79.9. The van der Waals surface area contributed by atoms with E-state index in [1.807, 2.05) is 44.2 Å². The summed E-state index contributed by atoms with van der Waals surface area (Å²) in [6.45, 7) is 4.02. The monoisotopic (exact) mass is 386 g/mol. The van der Waals surface area contributed by atoms with E-state index in [1.54, 1.807) is 12.1 Å². The molecule has 24 heavy (non-hydrogen) atoms. The van der Waals surface area contributed by atoms with Gasteiger partial charge in [0, 0.05) is 15.8 Å². The Balaban J connectivity index is 1.70. The van der Waals surface area contributed by atoms with Gasteiger partial charge in [0.1, 0.15) is 5.41 Å². The van der Waals surface area contributed by atoms with Crippen molar-refractivity contribution >= 4 is 39.1 Å². The molecule has 2 N–H and O–H groups in total. The van der Waals surface area contributed by atoms with Gasteiger partial charge in [0.05, 0.1) is 0 Å². The maximum atomic E-state index is 12.6. The van der Waals surface area contributed by atoms with Crippen molar-refractivity contribution in [3.63, 3.8) is 0 Å². The first-order valence-electron chi connectivity index (χ1n) is 7.86. The van der Waals surface area contributed by atoms with Gasteiger partial charge in [-0.05, 0) is 74.2 Å². The van der Waals surface area contributed by atoms with Crippen LogP contribution in [0, 0.1) is 19.3 Å². The Morgan fingerprint density at radius 3 is 1.96 bits per heavy atom. The molecule has 5 heteroatoms. The Morgan fingerprint density at radius 2 is 1.42 bits per heavy atom. The predicted molar refractivity (Wildman–Crippen MR) is 99.0 cm³/mol. The van der Waals surface area contributed by atoms with Crippen LogP contribution in [0.2, 0.25) is 0 Å². The molecule has 1 fully saturated rings. The molecule has 0 aliphatic heterocycles. The Hall–Kier alpha value is -2.14. The van der Waals surface area contributed by atoms with Gasteiger partial charge in [-0.2, -0.15) is 0 Å². The second-order valence-corrected chi connectivity index (χ2v) is 7.21. The fraction of sp³-hybridized carbons (Fsp3) is 0.263. The van der Waals surface area contributed by atoms with E-state index in [2.05, 4.69) is 26.6 Å². The van der Waals surface area contributed by atoms with Crippen LogP contribution in [-0.2, 0) is 9.59 Å². The first-order chi connectivity index (χ1) is 11.4. The van der Waals surface area contributed by atoms with Crippen LogP contribution in [-0.4, -0.2) is 11.8 Å². The van der Waals surface area contributed by atoms with E-state index in [9.17, 15) is 9.59 Å². The predicted octanol–water partition coefficient (Wildman–Crippen LogP) is 4.42. The van der Waals surface area contributed by atoms with Crippen molar-refractivity contribution in [1.82, 2.24) is 0 Å². The fourth-order valence-corrected chi connectivity index (χ4v) is 2.80. The molecule has 0 heterocycles. The number of amides is 2. The summed E-state index contributed by atoms with van der Waals surface area (Å²) in [5.41, 5.74) is 2.74. The summed E-state index contributed by atoms with van der Waals surface area (Å²) >= 11 is 3.36. The molecule has 124 valence electrons. The van der Waals surface area contributed by atoms with Gasteiger partial charge in [0.15, 0.2) is 0 Å². The SMILES string of the molecule is Cc1ccc(NC(=O)C2(C(=O)Nc3ccc(Br)cc3)CC2)cc1C. The Bertz CT molecular complexity index is 796. The average Bonchev–Trinajstić information content (AvgIpc) is 3.35. The van der Waals surface area contributed by atoms with Crippen LogP contribution in [0.3, 0.4) is 0 Å². The molecule has 0 radical (unpaired) electrons. The minimum absolute atomic E-state index is 0.236. The second-order valence-electron chi connectivity index (χ2n) is 6.30. The third-order valence-electron chi connectivity index (χ3n) is 4.49. The number of nitrogens with one attached hydrogen (secondary N) is 2. The lowest BCUT2D eigenvalue weighted by Crippen LogP contribution is -2.35. The normalized spacial score (nSPS) is 14.8. The molecule has 0 atom stereocenters. The van der Waals surface area contributed by atoms with Crippen LogP contribution < -0.4 is 10.6 Å².